The molecule has 3 N–H and O–H groups in total. The molecule has 0 spiro atoms. The highest BCUT2D eigenvalue weighted by molar-refractivity contribution is 5.98. The summed E-state index contributed by atoms with van der Waals surface area (Å²) in [6, 6.07) is 5.78. The van der Waals surface area contributed by atoms with Crippen molar-refractivity contribution in [2.45, 2.75) is 40.7 Å². The molecule has 24 heavy (non-hydrogen) atoms. The summed E-state index contributed by atoms with van der Waals surface area (Å²) < 4.78 is 0. The van der Waals surface area contributed by atoms with E-state index in [1.165, 1.54) is 6.92 Å². The van der Waals surface area contributed by atoms with Gasteiger partial charge in [0, 0.05) is 23.7 Å². The van der Waals surface area contributed by atoms with Gasteiger partial charge in [0.2, 0.25) is 0 Å². The summed E-state index contributed by atoms with van der Waals surface area (Å²) in [6.45, 7) is 9.82. The van der Waals surface area contributed by atoms with E-state index in [1.807, 2.05) is 20.8 Å². The number of benzene rings is 1. The monoisotopic (exact) mass is 334 g/mol. The van der Waals surface area contributed by atoms with Crippen LogP contribution in [0.4, 0.5) is 0 Å². The second-order valence-electron chi connectivity index (χ2n) is 7.21. The molecule has 0 aliphatic carbocycles. The van der Waals surface area contributed by atoms with E-state index in [9.17, 15) is 14.4 Å². The molecule has 1 aromatic carbocycles. The zero-order chi connectivity index (χ0) is 18.5. The molecule has 0 heterocycles. The molecule has 0 aliphatic rings. The van der Waals surface area contributed by atoms with Gasteiger partial charge in [-0.3, -0.25) is 14.4 Å². The Morgan fingerprint density at radius 1 is 1.00 bits per heavy atom. The quantitative estimate of drug-likeness (QED) is 0.744. The van der Waals surface area contributed by atoms with Gasteiger partial charge < -0.3 is 15.7 Å². The molecule has 132 valence electrons. The van der Waals surface area contributed by atoms with Crippen molar-refractivity contribution >= 4 is 17.8 Å². The van der Waals surface area contributed by atoms with Crippen LogP contribution in [-0.2, 0) is 4.79 Å². The molecule has 2 unspecified atom stereocenters. The van der Waals surface area contributed by atoms with Crippen LogP contribution in [0.25, 0.3) is 0 Å². The van der Waals surface area contributed by atoms with E-state index in [2.05, 4.69) is 10.6 Å². The maximum Gasteiger partial charge on any atom is 0.308 e. The van der Waals surface area contributed by atoms with Gasteiger partial charge in [0.25, 0.3) is 11.8 Å². The number of rotatable bonds is 6. The normalized spacial score (nSPS) is 13.7. The molecule has 0 radical (unpaired) electrons. The first kappa shape index (κ1) is 19.7. The number of carboxylic acids is 1. The molecule has 6 heteroatoms. The molecular formula is C18H26N2O4. The third kappa shape index (κ3) is 6.02. The Balaban J connectivity index is 2.68. The molecule has 0 saturated heterocycles. The van der Waals surface area contributed by atoms with Crippen molar-refractivity contribution in [1.82, 2.24) is 10.6 Å². The maximum absolute atomic E-state index is 12.1. The first-order chi connectivity index (χ1) is 11.0. The van der Waals surface area contributed by atoms with E-state index in [0.717, 1.165) is 0 Å². The van der Waals surface area contributed by atoms with E-state index in [0.29, 0.717) is 17.7 Å². The predicted molar refractivity (Wildman–Crippen MR) is 92.0 cm³/mol. The highest BCUT2D eigenvalue weighted by atomic mass is 16.4. The number of carboxylic acid groups (broad SMARTS) is 1. The zero-order valence-electron chi connectivity index (χ0n) is 14.8. The summed E-state index contributed by atoms with van der Waals surface area (Å²) >= 11 is 0. The zero-order valence-corrected chi connectivity index (χ0v) is 14.8. The fourth-order valence-corrected chi connectivity index (χ4v) is 1.85. The second-order valence-corrected chi connectivity index (χ2v) is 7.21. The molecule has 2 atom stereocenters. The van der Waals surface area contributed by atoms with Crippen molar-refractivity contribution in [3.63, 3.8) is 0 Å². The first-order valence-electron chi connectivity index (χ1n) is 7.93. The van der Waals surface area contributed by atoms with Crippen molar-refractivity contribution < 1.29 is 19.5 Å². The molecule has 2 amide bonds. The van der Waals surface area contributed by atoms with Crippen LogP contribution < -0.4 is 10.6 Å². The van der Waals surface area contributed by atoms with Crippen LogP contribution in [0.15, 0.2) is 24.3 Å². The van der Waals surface area contributed by atoms with Crippen LogP contribution in [0.1, 0.15) is 55.3 Å². The van der Waals surface area contributed by atoms with Gasteiger partial charge in [-0.15, -0.1) is 0 Å². The lowest BCUT2D eigenvalue weighted by Gasteiger charge is -2.19. The van der Waals surface area contributed by atoms with Gasteiger partial charge >= 0.3 is 5.97 Å². The third-order valence-corrected chi connectivity index (χ3v) is 3.69. The number of hydrogen-bond acceptors (Lipinski definition) is 3. The summed E-state index contributed by atoms with van der Waals surface area (Å²) in [4.78, 5) is 35.1. The Labute approximate surface area is 142 Å². The summed E-state index contributed by atoms with van der Waals surface area (Å²) in [5.41, 5.74) is 0.849. The molecule has 0 fully saturated rings. The van der Waals surface area contributed by atoms with Crippen molar-refractivity contribution in [3.8, 4) is 0 Å². The van der Waals surface area contributed by atoms with Gasteiger partial charge in [-0.25, -0.2) is 0 Å². The standard InChI is InChI=1S/C18H26N2O4/c1-11(17(23)24)12(2)20-16(22)14-8-6-13(7-9-14)15(21)19-10-18(3,4)5/h6-9,11-12H,10H2,1-5H3,(H,19,21)(H,20,22)(H,23,24). The SMILES string of the molecule is CC(NC(=O)c1ccc(C(=O)NCC(C)(C)C)cc1)C(C)C(=O)O. The van der Waals surface area contributed by atoms with Gasteiger partial charge in [0.05, 0.1) is 5.92 Å². The smallest absolute Gasteiger partial charge is 0.308 e. The van der Waals surface area contributed by atoms with Gasteiger partial charge in [-0.2, -0.15) is 0 Å². The van der Waals surface area contributed by atoms with Gasteiger partial charge in [-0.05, 0) is 43.5 Å². The number of carbonyl (C=O) groups excluding carboxylic acids is 2. The van der Waals surface area contributed by atoms with Crippen LogP contribution in [-0.4, -0.2) is 35.5 Å². The van der Waals surface area contributed by atoms with Crippen LogP contribution in [0.5, 0.6) is 0 Å². The Morgan fingerprint density at radius 2 is 1.46 bits per heavy atom. The fourth-order valence-electron chi connectivity index (χ4n) is 1.85. The highest BCUT2D eigenvalue weighted by Gasteiger charge is 2.21. The molecule has 0 bridgehead atoms. The number of aliphatic carboxylic acids is 1. The number of hydrogen-bond donors (Lipinski definition) is 3. The third-order valence-electron chi connectivity index (χ3n) is 3.69. The summed E-state index contributed by atoms with van der Waals surface area (Å²) in [7, 11) is 0. The average molecular weight is 334 g/mol. The molecular weight excluding hydrogens is 308 g/mol. The molecule has 0 aromatic heterocycles. The number of nitrogens with one attached hydrogen (secondary N) is 2. The van der Waals surface area contributed by atoms with Crippen LogP contribution >= 0.6 is 0 Å². The van der Waals surface area contributed by atoms with E-state index in [4.69, 9.17) is 5.11 Å². The highest BCUT2D eigenvalue weighted by Crippen LogP contribution is 2.12. The number of amides is 2. The number of carbonyl (C=O) groups is 3. The van der Waals surface area contributed by atoms with Crippen molar-refractivity contribution in [1.29, 1.82) is 0 Å². The Bertz CT molecular complexity index is 602. The van der Waals surface area contributed by atoms with Gasteiger partial charge in [0.1, 0.15) is 0 Å². The molecule has 1 aromatic rings. The van der Waals surface area contributed by atoms with Gasteiger partial charge in [0.15, 0.2) is 0 Å². The van der Waals surface area contributed by atoms with E-state index in [1.54, 1.807) is 31.2 Å². The predicted octanol–water partition coefficient (Wildman–Crippen LogP) is 2.30. The lowest BCUT2D eigenvalue weighted by molar-refractivity contribution is -0.141. The lowest BCUT2D eigenvalue weighted by atomic mass is 9.97. The maximum atomic E-state index is 12.1. The van der Waals surface area contributed by atoms with Gasteiger partial charge in [-0.1, -0.05) is 20.8 Å². The fraction of sp³-hybridized carbons (Fsp3) is 0.500. The molecule has 1 rings (SSSR count). The second kappa shape index (κ2) is 7.95. The molecule has 6 nitrogen and oxygen atoms in total. The van der Waals surface area contributed by atoms with Crippen molar-refractivity contribution in [2.24, 2.45) is 11.3 Å². The van der Waals surface area contributed by atoms with Crippen LogP contribution in [0.2, 0.25) is 0 Å². The Hall–Kier alpha value is -2.37. The molecule has 0 saturated carbocycles. The summed E-state index contributed by atoms with van der Waals surface area (Å²) in [5.74, 6) is -2.20. The van der Waals surface area contributed by atoms with Crippen molar-refractivity contribution in [2.75, 3.05) is 6.54 Å². The lowest BCUT2D eigenvalue weighted by Crippen LogP contribution is -2.40. The Morgan fingerprint density at radius 3 is 1.88 bits per heavy atom. The first-order valence-corrected chi connectivity index (χ1v) is 7.93. The summed E-state index contributed by atoms with van der Waals surface area (Å²) in [6.07, 6.45) is 0. The molecule has 0 aliphatic heterocycles. The Kier molecular flexibility index (Phi) is 6.51. The summed E-state index contributed by atoms with van der Waals surface area (Å²) in [5, 5.41) is 14.4. The van der Waals surface area contributed by atoms with E-state index < -0.39 is 17.9 Å². The topological polar surface area (TPSA) is 95.5 Å². The van der Waals surface area contributed by atoms with Crippen LogP contribution in [0, 0.1) is 11.3 Å². The minimum absolute atomic E-state index is 0.00748. The minimum Gasteiger partial charge on any atom is -0.481 e. The van der Waals surface area contributed by atoms with E-state index in [-0.39, 0.29) is 17.2 Å². The average Bonchev–Trinajstić information content (AvgIpc) is 2.50. The van der Waals surface area contributed by atoms with E-state index >= 15 is 0 Å². The largest absolute Gasteiger partial charge is 0.481 e. The van der Waals surface area contributed by atoms with Crippen LogP contribution in [0.3, 0.4) is 0 Å². The minimum atomic E-state index is -0.964. The van der Waals surface area contributed by atoms with Crippen molar-refractivity contribution in [3.05, 3.63) is 35.4 Å².